The molecule has 0 aliphatic rings. The predicted molar refractivity (Wildman–Crippen MR) is 57.3 cm³/mol. The average molecular weight is 205 g/mol. The number of thiazole rings is 1. The van der Waals surface area contributed by atoms with Crippen molar-refractivity contribution in [3.63, 3.8) is 0 Å². The fourth-order valence-corrected chi connectivity index (χ4v) is 2.25. The Morgan fingerprint density at radius 3 is 2.86 bits per heavy atom. The summed E-state index contributed by atoms with van der Waals surface area (Å²) < 4.78 is 0. The molecule has 2 heterocycles. The fraction of sp³-hybridized carbons (Fsp3) is 0.300. The molecule has 0 fully saturated rings. The van der Waals surface area contributed by atoms with Gasteiger partial charge in [-0.3, -0.25) is 0 Å². The Labute approximate surface area is 86.9 Å². The van der Waals surface area contributed by atoms with Gasteiger partial charge < -0.3 is 0 Å². The molecule has 0 saturated carbocycles. The van der Waals surface area contributed by atoms with E-state index < -0.39 is 0 Å². The topological polar surface area (TPSA) is 38.7 Å². The highest BCUT2D eigenvalue weighted by Gasteiger charge is 2.08. The van der Waals surface area contributed by atoms with Crippen LogP contribution in [-0.2, 0) is 6.42 Å². The van der Waals surface area contributed by atoms with Crippen LogP contribution in [0.15, 0.2) is 18.6 Å². The predicted octanol–water partition coefficient (Wildman–Crippen LogP) is 2.47. The lowest BCUT2D eigenvalue weighted by atomic mass is 10.3. The number of aromatic nitrogens is 3. The largest absolute Gasteiger partial charge is 0.246 e. The van der Waals surface area contributed by atoms with E-state index in [4.69, 9.17) is 0 Å². The van der Waals surface area contributed by atoms with Crippen molar-refractivity contribution in [1.29, 1.82) is 0 Å². The Morgan fingerprint density at radius 2 is 2.29 bits per heavy atom. The van der Waals surface area contributed by atoms with Gasteiger partial charge in [0.25, 0.3) is 0 Å². The Morgan fingerprint density at radius 1 is 1.43 bits per heavy atom. The van der Waals surface area contributed by atoms with Crippen LogP contribution in [0, 0.1) is 6.92 Å². The van der Waals surface area contributed by atoms with Crippen LogP contribution in [0.5, 0.6) is 0 Å². The molecule has 0 saturated heterocycles. The van der Waals surface area contributed by atoms with Crippen molar-refractivity contribution in [3.05, 3.63) is 29.3 Å². The molecule has 2 aromatic heterocycles. The van der Waals surface area contributed by atoms with Crippen LogP contribution < -0.4 is 0 Å². The molecule has 0 N–H and O–H groups in total. The summed E-state index contributed by atoms with van der Waals surface area (Å²) in [5.41, 5.74) is 2.03. The summed E-state index contributed by atoms with van der Waals surface area (Å²) >= 11 is 1.71. The molecular weight excluding hydrogens is 194 g/mol. The third-order valence-corrected chi connectivity index (χ3v) is 3.28. The third kappa shape index (κ3) is 1.65. The summed E-state index contributed by atoms with van der Waals surface area (Å²) in [6, 6.07) is 1.92. The van der Waals surface area contributed by atoms with Gasteiger partial charge in [-0.15, -0.1) is 11.3 Å². The van der Waals surface area contributed by atoms with E-state index in [1.54, 1.807) is 23.9 Å². The fourth-order valence-electron chi connectivity index (χ4n) is 1.27. The summed E-state index contributed by atoms with van der Waals surface area (Å²) in [5, 5.41) is 1.16. The molecule has 0 unspecified atom stereocenters. The monoisotopic (exact) mass is 205 g/mol. The first-order valence-corrected chi connectivity index (χ1v) is 5.35. The molecule has 2 aromatic rings. The second-order valence-corrected chi connectivity index (χ2v) is 4.05. The Hall–Kier alpha value is -1.29. The zero-order valence-electron chi connectivity index (χ0n) is 8.19. The van der Waals surface area contributed by atoms with Crippen molar-refractivity contribution < 1.29 is 0 Å². The Balaban J connectivity index is 2.46. The van der Waals surface area contributed by atoms with Crippen LogP contribution in [0.4, 0.5) is 0 Å². The maximum absolute atomic E-state index is 4.46. The SMILES string of the molecule is CCc1nc(C)c(-c2ccncn2)s1. The number of hydrogen-bond donors (Lipinski definition) is 0. The molecule has 2 rings (SSSR count). The number of aryl methyl sites for hydroxylation is 2. The van der Waals surface area contributed by atoms with Crippen LogP contribution in [0.3, 0.4) is 0 Å². The third-order valence-electron chi connectivity index (χ3n) is 1.96. The minimum absolute atomic E-state index is 0.967. The van der Waals surface area contributed by atoms with Crippen molar-refractivity contribution in [2.75, 3.05) is 0 Å². The molecule has 0 radical (unpaired) electrons. The highest BCUT2D eigenvalue weighted by atomic mass is 32.1. The molecule has 0 aliphatic carbocycles. The molecular formula is C10H11N3S. The van der Waals surface area contributed by atoms with Gasteiger partial charge in [-0.25, -0.2) is 15.0 Å². The van der Waals surface area contributed by atoms with E-state index in [9.17, 15) is 0 Å². The van der Waals surface area contributed by atoms with E-state index >= 15 is 0 Å². The van der Waals surface area contributed by atoms with E-state index in [-0.39, 0.29) is 0 Å². The average Bonchev–Trinajstić information content (AvgIpc) is 2.61. The molecule has 3 nitrogen and oxygen atoms in total. The Bertz CT molecular complexity index is 422. The molecule has 0 bridgehead atoms. The van der Waals surface area contributed by atoms with Gasteiger partial charge in [0.15, 0.2) is 0 Å². The lowest BCUT2D eigenvalue weighted by Gasteiger charge is -1.94. The maximum atomic E-state index is 4.46. The summed E-state index contributed by atoms with van der Waals surface area (Å²) in [7, 11) is 0. The van der Waals surface area contributed by atoms with Crippen LogP contribution in [-0.4, -0.2) is 15.0 Å². The highest BCUT2D eigenvalue weighted by molar-refractivity contribution is 7.15. The summed E-state index contributed by atoms with van der Waals surface area (Å²) in [4.78, 5) is 13.7. The standard InChI is InChI=1S/C10H11N3S/c1-3-9-13-7(2)10(14-9)8-4-5-11-6-12-8/h4-6H,3H2,1-2H3. The molecule has 0 aliphatic heterocycles. The van der Waals surface area contributed by atoms with Crippen LogP contribution in [0.1, 0.15) is 17.6 Å². The van der Waals surface area contributed by atoms with Gasteiger partial charge in [-0.05, 0) is 19.4 Å². The van der Waals surface area contributed by atoms with E-state index in [1.807, 2.05) is 13.0 Å². The molecule has 4 heteroatoms. The molecule has 0 atom stereocenters. The van der Waals surface area contributed by atoms with Crippen molar-refractivity contribution in [1.82, 2.24) is 15.0 Å². The molecule has 0 amide bonds. The van der Waals surface area contributed by atoms with Crippen LogP contribution in [0.2, 0.25) is 0 Å². The van der Waals surface area contributed by atoms with Crippen molar-refractivity contribution in [2.24, 2.45) is 0 Å². The first-order chi connectivity index (χ1) is 6.81. The first kappa shape index (κ1) is 9.27. The number of nitrogens with zero attached hydrogens (tertiary/aromatic N) is 3. The zero-order valence-corrected chi connectivity index (χ0v) is 9.01. The number of rotatable bonds is 2. The van der Waals surface area contributed by atoms with Gasteiger partial charge in [0.2, 0.25) is 0 Å². The lowest BCUT2D eigenvalue weighted by molar-refractivity contribution is 1.07. The van der Waals surface area contributed by atoms with E-state index in [0.29, 0.717) is 0 Å². The molecule has 0 aromatic carbocycles. The normalized spacial score (nSPS) is 10.4. The minimum atomic E-state index is 0.967. The van der Waals surface area contributed by atoms with E-state index in [0.717, 1.165) is 27.7 Å². The quantitative estimate of drug-likeness (QED) is 0.756. The maximum Gasteiger partial charge on any atom is 0.116 e. The van der Waals surface area contributed by atoms with Crippen LogP contribution in [0.25, 0.3) is 10.6 Å². The van der Waals surface area contributed by atoms with Crippen molar-refractivity contribution in [2.45, 2.75) is 20.3 Å². The molecule has 72 valence electrons. The molecule has 14 heavy (non-hydrogen) atoms. The van der Waals surface area contributed by atoms with E-state index in [1.165, 1.54) is 0 Å². The summed E-state index contributed by atoms with van der Waals surface area (Å²) in [6.07, 6.45) is 4.31. The van der Waals surface area contributed by atoms with Gasteiger partial charge in [0, 0.05) is 6.20 Å². The summed E-state index contributed by atoms with van der Waals surface area (Å²) in [6.45, 7) is 4.13. The smallest absolute Gasteiger partial charge is 0.116 e. The van der Waals surface area contributed by atoms with Crippen molar-refractivity contribution in [3.8, 4) is 10.6 Å². The highest BCUT2D eigenvalue weighted by Crippen LogP contribution is 2.27. The van der Waals surface area contributed by atoms with Crippen LogP contribution >= 0.6 is 11.3 Å². The van der Waals surface area contributed by atoms with Gasteiger partial charge in [0.1, 0.15) is 6.33 Å². The zero-order chi connectivity index (χ0) is 9.97. The number of hydrogen-bond acceptors (Lipinski definition) is 4. The Kier molecular flexibility index (Phi) is 2.54. The summed E-state index contributed by atoms with van der Waals surface area (Å²) in [5.74, 6) is 0. The molecule has 0 spiro atoms. The van der Waals surface area contributed by atoms with Gasteiger partial charge in [0.05, 0.1) is 21.3 Å². The second-order valence-electron chi connectivity index (χ2n) is 2.97. The van der Waals surface area contributed by atoms with Gasteiger partial charge in [-0.2, -0.15) is 0 Å². The van der Waals surface area contributed by atoms with Gasteiger partial charge in [-0.1, -0.05) is 6.92 Å². The lowest BCUT2D eigenvalue weighted by Crippen LogP contribution is -1.83. The van der Waals surface area contributed by atoms with Crippen molar-refractivity contribution >= 4 is 11.3 Å². The van der Waals surface area contributed by atoms with E-state index in [2.05, 4.69) is 21.9 Å². The van der Waals surface area contributed by atoms with Gasteiger partial charge >= 0.3 is 0 Å². The second kappa shape index (κ2) is 3.84. The minimum Gasteiger partial charge on any atom is -0.246 e. The first-order valence-electron chi connectivity index (χ1n) is 4.54.